The van der Waals surface area contributed by atoms with Gasteiger partial charge in [0.2, 0.25) is 0 Å². The first-order valence-corrected chi connectivity index (χ1v) is 6.00. The van der Waals surface area contributed by atoms with Crippen molar-refractivity contribution >= 4 is 0 Å². The second-order valence-corrected chi connectivity index (χ2v) is 4.26. The zero-order valence-electron chi connectivity index (χ0n) is 10.7. The molecule has 1 aromatic heterocycles. The first-order chi connectivity index (χ1) is 7.61. The molecule has 0 bridgehead atoms. The normalized spacial score (nSPS) is 15.4. The van der Waals surface area contributed by atoms with Crippen LogP contribution in [0.1, 0.15) is 39.4 Å². The van der Waals surface area contributed by atoms with Crippen LogP contribution in [0.4, 0.5) is 0 Å². The average molecular weight is 225 g/mol. The smallest absolute Gasteiger partial charge is 0.0805 e. The van der Waals surface area contributed by atoms with Crippen LogP contribution < -0.4 is 5.73 Å². The van der Waals surface area contributed by atoms with Crippen molar-refractivity contribution in [3.8, 4) is 0 Å². The molecule has 0 spiro atoms. The van der Waals surface area contributed by atoms with Crippen LogP contribution in [0, 0.1) is 5.92 Å². The molecule has 0 saturated heterocycles. The van der Waals surface area contributed by atoms with E-state index in [-0.39, 0.29) is 12.1 Å². The van der Waals surface area contributed by atoms with Crippen LogP contribution in [0.15, 0.2) is 12.3 Å². The van der Waals surface area contributed by atoms with Gasteiger partial charge in [0, 0.05) is 19.3 Å². The average Bonchev–Trinajstić information content (AvgIpc) is 2.72. The molecule has 0 radical (unpaired) electrons. The Hall–Kier alpha value is -0.870. The summed E-state index contributed by atoms with van der Waals surface area (Å²) in [6.45, 7) is 9.86. The molecule has 4 heteroatoms. The van der Waals surface area contributed by atoms with Gasteiger partial charge in [-0.2, -0.15) is 5.10 Å². The second-order valence-electron chi connectivity index (χ2n) is 4.26. The van der Waals surface area contributed by atoms with Crippen LogP contribution in [-0.2, 0) is 11.3 Å². The van der Waals surface area contributed by atoms with E-state index in [2.05, 4.69) is 25.9 Å². The lowest BCUT2D eigenvalue weighted by Gasteiger charge is -2.27. The van der Waals surface area contributed by atoms with Gasteiger partial charge >= 0.3 is 0 Å². The van der Waals surface area contributed by atoms with E-state index in [1.165, 1.54) is 0 Å². The summed E-state index contributed by atoms with van der Waals surface area (Å²) in [6, 6.07) is 1.87. The zero-order valence-corrected chi connectivity index (χ0v) is 10.7. The van der Waals surface area contributed by atoms with Gasteiger partial charge in [-0.15, -0.1) is 0 Å². The van der Waals surface area contributed by atoms with E-state index < -0.39 is 0 Å². The molecule has 0 amide bonds. The molecule has 4 nitrogen and oxygen atoms in total. The summed E-state index contributed by atoms with van der Waals surface area (Å²) < 4.78 is 7.65. The minimum Gasteiger partial charge on any atom is -0.376 e. The number of nitrogens with zero attached hydrogens (tertiary/aromatic N) is 2. The quantitative estimate of drug-likeness (QED) is 0.805. The first kappa shape index (κ1) is 13.2. The monoisotopic (exact) mass is 225 g/mol. The number of aromatic nitrogens is 2. The molecule has 1 rings (SSSR count). The number of ether oxygens (including phenoxy) is 1. The van der Waals surface area contributed by atoms with Crippen molar-refractivity contribution in [3.05, 3.63) is 18.0 Å². The third kappa shape index (κ3) is 2.83. The highest BCUT2D eigenvalue weighted by Gasteiger charge is 2.25. The van der Waals surface area contributed by atoms with Crippen molar-refractivity contribution in [2.24, 2.45) is 11.7 Å². The Balaban J connectivity index is 2.85. The largest absolute Gasteiger partial charge is 0.376 e. The van der Waals surface area contributed by atoms with Crippen molar-refractivity contribution in [2.75, 3.05) is 6.61 Å². The predicted octanol–water partition coefficient (Wildman–Crippen LogP) is 1.96. The van der Waals surface area contributed by atoms with E-state index >= 15 is 0 Å². The van der Waals surface area contributed by atoms with Gasteiger partial charge in [-0.25, -0.2) is 0 Å². The summed E-state index contributed by atoms with van der Waals surface area (Å²) in [5.74, 6) is 0.398. The molecule has 0 aliphatic heterocycles. The van der Waals surface area contributed by atoms with E-state index in [4.69, 9.17) is 10.5 Å². The maximum atomic E-state index is 6.26. The summed E-state index contributed by atoms with van der Waals surface area (Å²) in [5.41, 5.74) is 7.31. The van der Waals surface area contributed by atoms with Crippen LogP contribution in [-0.4, -0.2) is 22.5 Å². The molecule has 0 fully saturated rings. The fourth-order valence-electron chi connectivity index (χ4n) is 1.96. The van der Waals surface area contributed by atoms with E-state index in [0.29, 0.717) is 12.5 Å². The highest BCUT2D eigenvalue weighted by Crippen LogP contribution is 2.22. The van der Waals surface area contributed by atoms with Crippen molar-refractivity contribution in [1.29, 1.82) is 0 Å². The molecule has 0 aliphatic rings. The fourth-order valence-corrected chi connectivity index (χ4v) is 1.96. The SMILES string of the molecule is CCOC(C(C)C)C(N)c1ccnn1CC. The van der Waals surface area contributed by atoms with Crippen molar-refractivity contribution in [3.63, 3.8) is 0 Å². The molecule has 1 aromatic rings. The summed E-state index contributed by atoms with van der Waals surface area (Å²) in [4.78, 5) is 0. The van der Waals surface area contributed by atoms with Gasteiger partial charge in [-0.05, 0) is 25.8 Å². The molecular weight excluding hydrogens is 202 g/mol. The van der Waals surface area contributed by atoms with Crippen LogP contribution in [0.2, 0.25) is 0 Å². The molecule has 0 aliphatic carbocycles. The number of aryl methyl sites for hydroxylation is 1. The number of nitrogens with two attached hydrogens (primary N) is 1. The van der Waals surface area contributed by atoms with Crippen LogP contribution in [0.3, 0.4) is 0 Å². The molecule has 2 N–H and O–H groups in total. The standard InChI is InChI=1S/C12H23N3O/c1-5-15-10(7-8-14-15)11(13)12(9(3)4)16-6-2/h7-9,11-12H,5-6,13H2,1-4H3. The summed E-state index contributed by atoms with van der Waals surface area (Å²) in [6.07, 6.45) is 1.84. The summed E-state index contributed by atoms with van der Waals surface area (Å²) in [5, 5.41) is 4.24. The minimum absolute atomic E-state index is 0.0481. The Morgan fingerprint density at radius 2 is 2.12 bits per heavy atom. The fraction of sp³-hybridized carbons (Fsp3) is 0.750. The van der Waals surface area contributed by atoms with Gasteiger partial charge in [0.1, 0.15) is 0 Å². The molecule has 16 heavy (non-hydrogen) atoms. The van der Waals surface area contributed by atoms with Crippen LogP contribution in [0.25, 0.3) is 0 Å². The second kappa shape index (κ2) is 6.01. The Morgan fingerprint density at radius 1 is 1.44 bits per heavy atom. The maximum Gasteiger partial charge on any atom is 0.0805 e. The van der Waals surface area contributed by atoms with Gasteiger partial charge in [-0.3, -0.25) is 4.68 Å². The van der Waals surface area contributed by atoms with E-state index in [1.807, 2.05) is 17.7 Å². The lowest BCUT2D eigenvalue weighted by molar-refractivity contribution is 0.0103. The van der Waals surface area contributed by atoms with Gasteiger partial charge in [0.05, 0.1) is 17.8 Å². The molecule has 0 aromatic carbocycles. The number of hydrogen-bond acceptors (Lipinski definition) is 3. The van der Waals surface area contributed by atoms with Crippen molar-refractivity contribution < 1.29 is 4.74 Å². The molecule has 2 unspecified atom stereocenters. The third-order valence-electron chi connectivity index (χ3n) is 2.76. The van der Waals surface area contributed by atoms with Crippen LogP contribution >= 0.6 is 0 Å². The topological polar surface area (TPSA) is 53.1 Å². The first-order valence-electron chi connectivity index (χ1n) is 6.00. The van der Waals surface area contributed by atoms with Gasteiger partial charge in [-0.1, -0.05) is 13.8 Å². The van der Waals surface area contributed by atoms with Gasteiger partial charge in [0.25, 0.3) is 0 Å². The van der Waals surface area contributed by atoms with Gasteiger partial charge in [0.15, 0.2) is 0 Å². The number of rotatable bonds is 6. The molecule has 2 atom stereocenters. The van der Waals surface area contributed by atoms with Crippen molar-refractivity contribution in [1.82, 2.24) is 9.78 Å². The van der Waals surface area contributed by atoms with E-state index in [0.717, 1.165) is 12.2 Å². The molecular formula is C12H23N3O. The molecule has 92 valence electrons. The lowest BCUT2D eigenvalue weighted by Crippen LogP contribution is -2.34. The van der Waals surface area contributed by atoms with Crippen LogP contribution in [0.5, 0.6) is 0 Å². The Morgan fingerprint density at radius 3 is 2.62 bits per heavy atom. The Bertz CT molecular complexity index is 309. The number of hydrogen-bond donors (Lipinski definition) is 1. The minimum atomic E-state index is -0.109. The predicted molar refractivity (Wildman–Crippen MR) is 65.1 cm³/mol. The highest BCUT2D eigenvalue weighted by atomic mass is 16.5. The lowest BCUT2D eigenvalue weighted by atomic mass is 9.97. The Kier molecular flexibility index (Phi) is 4.96. The molecule has 0 saturated carbocycles. The van der Waals surface area contributed by atoms with E-state index in [1.54, 1.807) is 6.20 Å². The Labute approximate surface area is 97.8 Å². The summed E-state index contributed by atoms with van der Waals surface area (Å²) >= 11 is 0. The summed E-state index contributed by atoms with van der Waals surface area (Å²) in [7, 11) is 0. The maximum absolute atomic E-state index is 6.26. The third-order valence-corrected chi connectivity index (χ3v) is 2.76. The van der Waals surface area contributed by atoms with Gasteiger partial charge < -0.3 is 10.5 Å². The molecule has 1 heterocycles. The highest BCUT2D eigenvalue weighted by molar-refractivity contribution is 5.08. The zero-order chi connectivity index (χ0) is 12.1. The van der Waals surface area contributed by atoms with E-state index in [9.17, 15) is 0 Å². The van der Waals surface area contributed by atoms with Crippen molar-refractivity contribution in [2.45, 2.75) is 46.4 Å².